The zero-order valence-corrected chi connectivity index (χ0v) is 19.4. The largest absolute Gasteiger partial charge is 0.573 e. The number of pyridine rings is 1. The summed E-state index contributed by atoms with van der Waals surface area (Å²) < 4.78 is 42.2. The number of hydrogen-bond acceptors (Lipinski definition) is 7. The van der Waals surface area contributed by atoms with Gasteiger partial charge in [-0.15, -0.1) is 13.2 Å². The molecular formula is C25H28F3N5O2. The number of ether oxygens (including phenoxy) is 1. The molecule has 2 aliphatic heterocycles. The lowest BCUT2D eigenvalue weighted by Gasteiger charge is -2.36. The number of aliphatic imine (C=N–C) groups is 1. The molecule has 3 heterocycles. The van der Waals surface area contributed by atoms with E-state index in [1.54, 1.807) is 18.3 Å². The lowest BCUT2D eigenvalue weighted by atomic mass is 10.1. The van der Waals surface area contributed by atoms with Crippen molar-refractivity contribution in [3.8, 4) is 5.75 Å². The zero-order valence-electron chi connectivity index (χ0n) is 19.4. The second-order valence-corrected chi connectivity index (χ2v) is 9.42. The summed E-state index contributed by atoms with van der Waals surface area (Å²) in [6.07, 6.45) is 1.60. The molecule has 10 heteroatoms. The first kappa shape index (κ1) is 23.5. The summed E-state index contributed by atoms with van der Waals surface area (Å²) in [6, 6.07) is 11.8. The lowest BCUT2D eigenvalue weighted by Crippen LogP contribution is -2.44. The average Bonchev–Trinajstić information content (AvgIpc) is 3.45. The Bertz CT molecular complexity index is 1120. The van der Waals surface area contributed by atoms with E-state index in [0.717, 1.165) is 36.6 Å². The number of aliphatic hydroxyl groups is 1. The molecule has 0 amide bonds. The van der Waals surface area contributed by atoms with Crippen molar-refractivity contribution in [2.75, 3.05) is 20.3 Å². The van der Waals surface area contributed by atoms with E-state index in [4.69, 9.17) is 4.99 Å². The molecule has 3 aliphatic rings. The van der Waals surface area contributed by atoms with Gasteiger partial charge in [0.05, 0.1) is 30.2 Å². The van der Waals surface area contributed by atoms with Gasteiger partial charge in [-0.3, -0.25) is 4.98 Å². The minimum absolute atomic E-state index is 0.241. The summed E-state index contributed by atoms with van der Waals surface area (Å²) >= 11 is 0. The van der Waals surface area contributed by atoms with Crippen LogP contribution in [0.1, 0.15) is 30.5 Å². The maximum Gasteiger partial charge on any atom is 0.573 e. The molecule has 5 rings (SSSR count). The van der Waals surface area contributed by atoms with Crippen LogP contribution in [0.2, 0.25) is 0 Å². The predicted octanol–water partition coefficient (Wildman–Crippen LogP) is 3.72. The van der Waals surface area contributed by atoms with Gasteiger partial charge in [-0.05, 0) is 49.1 Å². The van der Waals surface area contributed by atoms with Crippen molar-refractivity contribution in [3.63, 3.8) is 0 Å². The normalized spacial score (nSPS) is 20.9. The van der Waals surface area contributed by atoms with Gasteiger partial charge in [0.15, 0.2) is 5.84 Å². The first-order valence-electron chi connectivity index (χ1n) is 11.7. The fraction of sp³-hybridized carbons (Fsp3) is 0.440. The van der Waals surface area contributed by atoms with Crippen LogP contribution in [0.5, 0.6) is 5.75 Å². The molecule has 1 aliphatic carbocycles. The van der Waals surface area contributed by atoms with Gasteiger partial charge in [-0.1, -0.05) is 18.2 Å². The summed E-state index contributed by atoms with van der Waals surface area (Å²) in [5.74, 6) is 0.602. The molecule has 7 nitrogen and oxygen atoms in total. The predicted molar refractivity (Wildman–Crippen MR) is 124 cm³/mol. The van der Waals surface area contributed by atoms with Crippen molar-refractivity contribution in [2.45, 2.75) is 50.4 Å². The average molecular weight is 488 g/mol. The van der Waals surface area contributed by atoms with Crippen molar-refractivity contribution < 1.29 is 23.0 Å². The Morgan fingerprint density at radius 3 is 2.71 bits per heavy atom. The van der Waals surface area contributed by atoms with Crippen molar-refractivity contribution >= 4 is 5.84 Å². The van der Waals surface area contributed by atoms with E-state index >= 15 is 0 Å². The molecule has 0 bridgehead atoms. The Morgan fingerprint density at radius 2 is 2.00 bits per heavy atom. The van der Waals surface area contributed by atoms with Crippen LogP contribution in [0.25, 0.3) is 0 Å². The molecule has 35 heavy (non-hydrogen) atoms. The molecule has 1 aromatic heterocycles. The Kier molecular flexibility index (Phi) is 6.08. The third-order valence-corrected chi connectivity index (χ3v) is 6.53. The highest BCUT2D eigenvalue weighted by Gasteiger charge is 2.41. The van der Waals surface area contributed by atoms with Crippen LogP contribution in [0, 0.1) is 0 Å². The van der Waals surface area contributed by atoms with Crippen molar-refractivity contribution in [2.24, 2.45) is 4.99 Å². The van der Waals surface area contributed by atoms with Gasteiger partial charge in [-0.25, -0.2) is 4.99 Å². The monoisotopic (exact) mass is 487 g/mol. The first-order valence-corrected chi connectivity index (χ1v) is 11.7. The van der Waals surface area contributed by atoms with Gasteiger partial charge in [0, 0.05) is 32.4 Å². The topological polar surface area (TPSA) is 64.4 Å². The van der Waals surface area contributed by atoms with E-state index in [2.05, 4.69) is 30.6 Å². The molecule has 1 saturated carbocycles. The van der Waals surface area contributed by atoms with Crippen molar-refractivity contribution in [3.05, 3.63) is 71.8 Å². The number of hydrogen-bond donors (Lipinski definition) is 1. The van der Waals surface area contributed by atoms with Gasteiger partial charge < -0.3 is 24.5 Å². The SMILES string of the molecule is CN1CN(CCC2(O)CC2)C=C2C1=NC(Cc1cccc(OC(F)(F)F)c1)N2Cc1ccccn1. The number of likely N-dealkylation sites (N-methyl/N-ethyl adjacent to an activating group) is 1. The van der Waals surface area contributed by atoms with Gasteiger partial charge in [0.1, 0.15) is 11.9 Å². The molecule has 0 spiro atoms. The first-order chi connectivity index (χ1) is 16.7. The summed E-state index contributed by atoms with van der Waals surface area (Å²) in [5, 5.41) is 10.3. The Labute approximate surface area is 202 Å². The van der Waals surface area contributed by atoms with Crippen LogP contribution in [-0.2, 0) is 13.0 Å². The summed E-state index contributed by atoms with van der Waals surface area (Å²) in [6.45, 7) is 1.89. The second kappa shape index (κ2) is 9.07. The van der Waals surface area contributed by atoms with Crippen LogP contribution in [-0.4, -0.2) is 69.0 Å². The van der Waals surface area contributed by atoms with Gasteiger partial charge in [0.25, 0.3) is 0 Å². The standard InChI is InChI=1S/C25H28F3N5O2/c1-31-17-32(12-10-24(34)8-9-24)16-21-23(31)30-22(33(21)15-19-6-2-3-11-29-19)14-18-5-4-7-20(13-18)35-25(26,27)28/h2-7,11,13,16,22,34H,8-10,12,14-15,17H2,1H3. The Morgan fingerprint density at radius 1 is 1.17 bits per heavy atom. The minimum Gasteiger partial charge on any atom is -0.406 e. The quantitative estimate of drug-likeness (QED) is 0.613. The molecule has 186 valence electrons. The number of aromatic nitrogens is 1. The van der Waals surface area contributed by atoms with E-state index in [1.807, 2.05) is 25.2 Å². The molecule has 1 N–H and O–H groups in total. The molecule has 1 atom stereocenters. The van der Waals surface area contributed by atoms with Crippen LogP contribution in [0.3, 0.4) is 0 Å². The highest BCUT2D eigenvalue weighted by molar-refractivity contribution is 5.99. The summed E-state index contributed by atoms with van der Waals surface area (Å²) in [7, 11) is 1.98. The number of halogens is 3. The molecule has 0 saturated heterocycles. The summed E-state index contributed by atoms with van der Waals surface area (Å²) in [4.78, 5) is 15.8. The van der Waals surface area contributed by atoms with Gasteiger partial charge in [-0.2, -0.15) is 0 Å². The molecular weight excluding hydrogens is 459 g/mol. The maximum absolute atomic E-state index is 12.7. The molecule has 1 unspecified atom stereocenters. The molecule has 0 radical (unpaired) electrons. The van der Waals surface area contributed by atoms with Crippen LogP contribution in [0.4, 0.5) is 13.2 Å². The molecule has 2 aromatic rings. The third kappa shape index (κ3) is 5.70. The van der Waals surface area contributed by atoms with Crippen LogP contribution < -0.4 is 4.74 Å². The van der Waals surface area contributed by atoms with Gasteiger partial charge >= 0.3 is 6.36 Å². The highest BCUT2D eigenvalue weighted by Crippen LogP contribution is 2.39. The Balaban J connectivity index is 1.40. The van der Waals surface area contributed by atoms with E-state index in [-0.39, 0.29) is 11.9 Å². The number of benzene rings is 1. The van der Waals surface area contributed by atoms with Crippen LogP contribution in [0.15, 0.2) is 65.6 Å². The minimum atomic E-state index is -4.74. The zero-order chi connectivity index (χ0) is 24.6. The third-order valence-electron chi connectivity index (χ3n) is 6.53. The fourth-order valence-electron chi connectivity index (χ4n) is 4.52. The second-order valence-electron chi connectivity index (χ2n) is 9.42. The maximum atomic E-state index is 12.7. The number of nitrogens with zero attached hydrogens (tertiary/aromatic N) is 5. The highest BCUT2D eigenvalue weighted by atomic mass is 19.4. The number of alkyl halides is 3. The van der Waals surface area contributed by atoms with E-state index in [1.165, 1.54) is 12.1 Å². The van der Waals surface area contributed by atoms with E-state index < -0.39 is 12.0 Å². The van der Waals surface area contributed by atoms with E-state index in [9.17, 15) is 18.3 Å². The van der Waals surface area contributed by atoms with Crippen molar-refractivity contribution in [1.82, 2.24) is 19.7 Å². The lowest BCUT2D eigenvalue weighted by molar-refractivity contribution is -0.274. The summed E-state index contributed by atoms with van der Waals surface area (Å²) in [5.41, 5.74) is 1.98. The van der Waals surface area contributed by atoms with E-state index in [0.29, 0.717) is 31.6 Å². The number of rotatable bonds is 8. The number of amidine groups is 1. The molecule has 1 aromatic carbocycles. The van der Waals surface area contributed by atoms with Crippen LogP contribution >= 0.6 is 0 Å². The van der Waals surface area contributed by atoms with Crippen molar-refractivity contribution in [1.29, 1.82) is 0 Å². The smallest absolute Gasteiger partial charge is 0.406 e. The fourth-order valence-corrected chi connectivity index (χ4v) is 4.52. The van der Waals surface area contributed by atoms with Gasteiger partial charge in [0.2, 0.25) is 0 Å². The Hall–Kier alpha value is -3.27. The molecule has 1 fully saturated rings. The number of fused-ring (bicyclic) bond motifs is 1.